The van der Waals surface area contributed by atoms with E-state index in [0.717, 1.165) is 10.5 Å². The van der Waals surface area contributed by atoms with Crippen molar-refractivity contribution in [3.63, 3.8) is 0 Å². The molecule has 0 amide bonds. The van der Waals surface area contributed by atoms with Crippen LogP contribution in [0.15, 0.2) is 76.5 Å². The maximum Gasteiger partial charge on any atom is 0.160 e. The molecule has 0 heterocycles. The lowest BCUT2D eigenvalue weighted by Gasteiger charge is -2.09. The molecule has 0 aliphatic carbocycles. The van der Waals surface area contributed by atoms with Crippen LogP contribution in [-0.4, -0.2) is 5.78 Å². The molecule has 3 rings (SSSR count). The molecule has 1 nitrogen and oxygen atoms in total. The summed E-state index contributed by atoms with van der Waals surface area (Å²) >= 11 is 1.65. The molecular weight excluding hydrogens is 264 g/mol. The summed E-state index contributed by atoms with van der Waals surface area (Å²) in [7, 11) is 0. The van der Waals surface area contributed by atoms with Gasteiger partial charge in [-0.1, -0.05) is 66.4 Å². The molecule has 0 atom stereocenters. The largest absolute Gasteiger partial charge is 0.294 e. The first-order valence-electron chi connectivity index (χ1n) is 6.51. The lowest BCUT2D eigenvalue weighted by atomic mass is 10.1. The molecule has 0 aromatic heterocycles. The van der Waals surface area contributed by atoms with Gasteiger partial charge in [0.25, 0.3) is 0 Å². The van der Waals surface area contributed by atoms with Gasteiger partial charge in [0.15, 0.2) is 5.78 Å². The highest BCUT2D eigenvalue weighted by Crippen LogP contribution is 2.35. The number of carbonyl (C=O) groups excluding carboxylic acids is 1. The number of fused-ring (bicyclic) bond motifs is 1. The molecule has 0 saturated carbocycles. The summed E-state index contributed by atoms with van der Waals surface area (Å²) in [5.41, 5.74) is 0.783. The van der Waals surface area contributed by atoms with Gasteiger partial charge in [0.05, 0.1) is 0 Å². The van der Waals surface area contributed by atoms with Crippen molar-refractivity contribution in [1.29, 1.82) is 0 Å². The number of benzene rings is 3. The fourth-order valence-corrected chi connectivity index (χ4v) is 3.40. The van der Waals surface area contributed by atoms with Crippen LogP contribution in [0.5, 0.6) is 0 Å². The molecule has 3 aromatic rings. The first-order chi connectivity index (χ1) is 9.75. The molecule has 3 aromatic carbocycles. The Morgan fingerprint density at radius 3 is 2.30 bits per heavy atom. The first kappa shape index (κ1) is 12.9. The third-order valence-corrected chi connectivity index (χ3v) is 4.39. The summed E-state index contributed by atoms with van der Waals surface area (Å²) in [5, 5.41) is 2.44. The molecule has 0 fully saturated rings. The second kappa shape index (κ2) is 5.51. The van der Waals surface area contributed by atoms with Crippen molar-refractivity contribution in [2.45, 2.75) is 16.7 Å². The van der Waals surface area contributed by atoms with Crippen molar-refractivity contribution in [2.75, 3.05) is 0 Å². The summed E-state index contributed by atoms with van der Waals surface area (Å²) in [6.07, 6.45) is 0. The number of ketones is 1. The quantitative estimate of drug-likeness (QED) is 0.613. The zero-order valence-electron chi connectivity index (χ0n) is 11.2. The Labute approximate surface area is 122 Å². The van der Waals surface area contributed by atoms with Gasteiger partial charge in [-0.25, -0.2) is 0 Å². The number of rotatable bonds is 3. The van der Waals surface area contributed by atoms with Crippen molar-refractivity contribution >= 4 is 28.3 Å². The lowest BCUT2D eigenvalue weighted by Crippen LogP contribution is -1.94. The van der Waals surface area contributed by atoms with E-state index in [1.54, 1.807) is 18.7 Å². The number of carbonyl (C=O) groups is 1. The topological polar surface area (TPSA) is 17.1 Å². The SMILES string of the molecule is CC(=O)c1ccccc1Sc1cccc2ccccc12. The van der Waals surface area contributed by atoms with Crippen LogP contribution in [0.3, 0.4) is 0 Å². The molecule has 0 bridgehead atoms. The van der Waals surface area contributed by atoms with Crippen molar-refractivity contribution in [3.05, 3.63) is 72.3 Å². The zero-order chi connectivity index (χ0) is 13.9. The fraction of sp³-hybridized carbons (Fsp3) is 0.0556. The Bertz CT molecular complexity index is 772. The molecule has 20 heavy (non-hydrogen) atoms. The lowest BCUT2D eigenvalue weighted by molar-refractivity contribution is 0.101. The predicted octanol–water partition coefficient (Wildman–Crippen LogP) is 5.19. The average molecular weight is 278 g/mol. The van der Waals surface area contributed by atoms with E-state index in [1.807, 2.05) is 36.4 Å². The smallest absolute Gasteiger partial charge is 0.160 e. The van der Waals surface area contributed by atoms with Crippen LogP contribution in [0.25, 0.3) is 10.8 Å². The predicted molar refractivity (Wildman–Crippen MR) is 84.5 cm³/mol. The molecule has 0 radical (unpaired) electrons. The Kier molecular flexibility index (Phi) is 3.57. The summed E-state index contributed by atoms with van der Waals surface area (Å²) < 4.78 is 0. The van der Waals surface area contributed by atoms with Gasteiger partial charge >= 0.3 is 0 Å². The second-order valence-corrected chi connectivity index (χ2v) is 5.72. The summed E-state index contributed by atoms with van der Waals surface area (Å²) in [5.74, 6) is 0.105. The van der Waals surface area contributed by atoms with Gasteiger partial charge in [-0.15, -0.1) is 0 Å². The summed E-state index contributed by atoms with van der Waals surface area (Å²) in [6.45, 7) is 1.61. The van der Waals surface area contributed by atoms with E-state index in [4.69, 9.17) is 0 Å². The maximum atomic E-state index is 11.7. The summed E-state index contributed by atoms with van der Waals surface area (Å²) in [6, 6.07) is 22.3. The van der Waals surface area contributed by atoms with E-state index < -0.39 is 0 Å². The van der Waals surface area contributed by atoms with E-state index >= 15 is 0 Å². The zero-order valence-corrected chi connectivity index (χ0v) is 12.0. The van der Waals surface area contributed by atoms with E-state index in [1.165, 1.54) is 15.7 Å². The van der Waals surface area contributed by atoms with Crippen LogP contribution in [0.4, 0.5) is 0 Å². The molecule has 98 valence electrons. The Hall–Kier alpha value is -2.06. The van der Waals surface area contributed by atoms with Crippen molar-refractivity contribution in [3.8, 4) is 0 Å². The standard InChI is InChI=1S/C18H14OS/c1-13(19)15-9-4-5-11-17(15)20-18-12-6-8-14-7-2-3-10-16(14)18/h2-12H,1H3. The second-order valence-electron chi connectivity index (χ2n) is 4.63. The highest BCUT2D eigenvalue weighted by atomic mass is 32.2. The van der Waals surface area contributed by atoms with Crippen LogP contribution < -0.4 is 0 Å². The van der Waals surface area contributed by atoms with Gasteiger partial charge in [-0.05, 0) is 29.8 Å². The van der Waals surface area contributed by atoms with E-state index in [9.17, 15) is 4.79 Å². The fourth-order valence-electron chi connectivity index (χ4n) is 2.25. The van der Waals surface area contributed by atoms with Gasteiger partial charge in [0, 0.05) is 15.4 Å². The Balaban J connectivity index is 2.08. The van der Waals surface area contributed by atoms with Crippen molar-refractivity contribution < 1.29 is 4.79 Å². The molecule has 2 heteroatoms. The van der Waals surface area contributed by atoms with E-state index in [-0.39, 0.29) is 5.78 Å². The highest BCUT2D eigenvalue weighted by molar-refractivity contribution is 7.99. The number of hydrogen-bond acceptors (Lipinski definition) is 2. The number of Topliss-reactive ketones (excluding diaryl/α,β-unsaturated/α-hetero) is 1. The molecule has 0 unspecified atom stereocenters. The molecule has 0 saturated heterocycles. The number of hydrogen-bond donors (Lipinski definition) is 0. The molecular formula is C18H14OS. The molecule has 0 spiro atoms. The van der Waals surface area contributed by atoms with Gasteiger partial charge in [0.1, 0.15) is 0 Å². The van der Waals surface area contributed by atoms with Crippen LogP contribution in [-0.2, 0) is 0 Å². The van der Waals surface area contributed by atoms with Crippen LogP contribution in [0, 0.1) is 0 Å². The first-order valence-corrected chi connectivity index (χ1v) is 7.33. The van der Waals surface area contributed by atoms with Gasteiger partial charge in [-0.2, -0.15) is 0 Å². The van der Waals surface area contributed by atoms with Crippen molar-refractivity contribution in [1.82, 2.24) is 0 Å². The van der Waals surface area contributed by atoms with Gasteiger partial charge < -0.3 is 0 Å². The third-order valence-electron chi connectivity index (χ3n) is 3.24. The van der Waals surface area contributed by atoms with E-state index in [0.29, 0.717) is 0 Å². The van der Waals surface area contributed by atoms with E-state index in [2.05, 4.69) is 30.3 Å². The Morgan fingerprint density at radius 2 is 1.45 bits per heavy atom. The van der Waals surface area contributed by atoms with Gasteiger partial charge in [0.2, 0.25) is 0 Å². The van der Waals surface area contributed by atoms with Crippen LogP contribution >= 0.6 is 11.8 Å². The van der Waals surface area contributed by atoms with Crippen LogP contribution in [0.2, 0.25) is 0 Å². The van der Waals surface area contributed by atoms with Crippen molar-refractivity contribution in [2.24, 2.45) is 0 Å². The minimum Gasteiger partial charge on any atom is -0.294 e. The molecule has 0 aliphatic heterocycles. The normalized spacial score (nSPS) is 10.7. The maximum absolute atomic E-state index is 11.7. The molecule has 0 aliphatic rings. The third kappa shape index (κ3) is 2.47. The minimum atomic E-state index is 0.105. The van der Waals surface area contributed by atoms with Gasteiger partial charge in [-0.3, -0.25) is 4.79 Å². The Morgan fingerprint density at radius 1 is 0.800 bits per heavy atom. The summed E-state index contributed by atoms with van der Waals surface area (Å²) in [4.78, 5) is 13.9. The molecule has 0 N–H and O–H groups in total. The monoisotopic (exact) mass is 278 g/mol. The highest BCUT2D eigenvalue weighted by Gasteiger charge is 2.09. The average Bonchev–Trinajstić information content (AvgIpc) is 2.48. The van der Waals surface area contributed by atoms with Crippen LogP contribution in [0.1, 0.15) is 17.3 Å². The minimum absolute atomic E-state index is 0.105.